The van der Waals surface area contributed by atoms with Gasteiger partial charge in [-0.15, -0.1) is 10.2 Å². The highest BCUT2D eigenvalue weighted by Crippen LogP contribution is 2.45. The van der Waals surface area contributed by atoms with Crippen molar-refractivity contribution in [3.05, 3.63) is 47.7 Å². The molecule has 1 aromatic carbocycles. The summed E-state index contributed by atoms with van der Waals surface area (Å²) >= 11 is 0. The standard InChI is InChI=1S/C21H26N4O3/c1-20(2,13-26)22-19(27)16-7-8-18(24-23-16)25-11-9-21(10-12-25)14-28-17-6-4-3-5-15(17)21/h3-8,26H,9-14H2,1-2H3,(H,22,27). The fraction of sp³-hybridized carbons (Fsp3) is 0.476. The van der Waals surface area contributed by atoms with Crippen LogP contribution in [0.4, 0.5) is 5.82 Å². The van der Waals surface area contributed by atoms with E-state index in [0.29, 0.717) is 0 Å². The first kappa shape index (κ1) is 18.7. The Kier molecular flexibility index (Phi) is 4.71. The summed E-state index contributed by atoms with van der Waals surface area (Å²) in [5.41, 5.74) is 0.963. The molecule has 0 unspecified atom stereocenters. The summed E-state index contributed by atoms with van der Waals surface area (Å²) in [4.78, 5) is 14.4. The van der Waals surface area contributed by atoms with Crippen molar-refractivity contribution in [1.29, 1.82) is 0 Å². The smallest absolute Gasteiger partial charge is 0.272 e. The quantitative estimate of drug-likeness (QED) is 0.840. The van der Waals surface area contributed by atoms with Gasteiger partial charge in [-0.05, 0) is 44.9 Å². The van der Waals surface area contributed by atoms with Gasteiger partial charge in [0.25, 0.3) is 5.91 Å². The van der Waals surface area contributed by atoms with Crippen molar-refractivity contribution in [3.8, 4) is 5.75 Å². The summed E-state index contributed by atoms with van der Waals surface area (Å²) < 4.78 is 5.92. The lowest BCUT2D eigenvalue weighted by molar-refractivity contribution is 0.0863. The van der Waals surface area contributed by atoms with Crippen molar-refractivity contribution in [2.45, 2.75) is 37.6 Å². The zero-order valence-corrected chi connectivity index (χ0v) is 16.3. The summed E-state index contributed by atoms with van der Waals surface area (Å²) in [7, 11) is 0. The SMILES string of the molecule is CC(C)(CO)NC(=O)c1ccc(N2CCC3(CC2)COc2ccccc23)nn1. The maximum Gasteiger partial charge on any atom is 0.272 e. The average molecular weight is 382 g/mol. The lowest BCUT2D eigenvalue weighted by atomic mass is 9.74. The van der Waals surface area contributed by atoms with E-state index in [-0.39, 0.29) is 23.6 Å². The molecule has 2 aliphatic heterocycles. The Morgan fingerprint density at radius 2 is 1.96 bits per heavy atom. The number of hydrogen-bond donors (Lipinski definition) is 2. The summed E-state index contributed by atoms with van der Waals surface area (Å²) in [6.45, 7) is 5.84. The lowest BCUT2D eigenvalue weighted by Gasteiger charge is -2.38. The molecule has 0 radical (unpaired) electrons. The minimum Gasteiger partial charge on any atom is -0.492 e. The number of carbonyl (C=O) groups excluding carboxylic acids is 1. The van der Waals surface area contributed by atoms with Crippen molar-refractivity contribution in [2.24, 2.45) is 0 Å². The number of aliphatic hydroxyl groups is 1. The highest BCUT2D eigenvalue weighted by atomic mass is 16.5. The molecular weight excluding hydrogens is 356 g/mol. The van der Waals surface area contributed by atoms with Crippen molar-refractivity contribution in [2.75, 3.05) is 31.2 Å². The number of para-hydroxylation sites is 1. The molecule has 1 aromatic heterocycles. The third kappa shape index (κ3) is 3.42. The van der Waals surface area contributed by atoms with Crippen molar-refractivity contribution < 1.29 is 14.6 Å². The lowest BCUT2D eigenvalue weighted by Crippen LogP contribution is -2.46. The van der Waals surface area contributed by atoms with Crippen LogP contribution in [0.25, 0.3) is 0 Å². The maximum absolute atomic E-state index is 12.2. The first-order valence-corrected chi connectivity index (χ1v) is 9.67. The number of ether oxygens (including phenoxy) is 1. The molecule has 4 rings (SSSR count). The summed E-state index contributed by atoms with van der Waals surface area (Å²) in [5, 5.41) is 20.4. The Labute approximate surface area is 164 Å². The van der Waals surface area contributed by atoms with Gasteiger partial charge in [0, 0.05) is 24.1 Å². The molecule has 148 valence electrons. The van der Waals surface area contributed by atoms with Crippen LogP contribution in [0.2, 0.25) is 0 Å². The zero-order valence-electron chi connectivity index (χ0n) is 16.3. The van der Waals surface area contributed by atoms with Crippen LogP contribution in [0, 0.1) is 0 Å². The van der Waals surface area contributed by atoms with Crippen LogP contribution >= 0.6 is 0 Å². The van der Waals surface area contributed by atoms with Crippen LogP contribution in [-0.2, 0) is 5.41 Å². The number of aromatic nitrogens is 2. The van der Waals surface area contributed by atoms with Crippen molar-refractivity contribution >= 4 is 11.7 Å². The monoisotopic (exact) mass is 382 g/mol. The molecule has 7 heteroatoms. The van der Waals surface area contributed by atoms with E-state index in [9.17, 15) is 9.90 Å². The molecule has 0 atom stereocenters. The number of benzene rings is 1. The number of aliphatic hydroxyl groups excluding tert-OH is 1. The molecule has 3 heterocycles. The Hall–Kier alpha value is -2.67. The largest absolute Gasteiger partial charge is 0.492 e. The van der Waals surface area contributed by atoms with E-state index >= 15 is 0 Å². The second kappa shape index (κ2) is 7.05. The van der Waals surface area contributed by atoms with Gasteiger partial charge in [0.15, 0.2) is 11.5 Å². The van der Waals surface area contributed by atoms with E-state index in [1.165, 1.54) is 5.56 Å². The predicted octanol–water partition coefficient (Wildman–Crippen LogP) is 1.91. The van der Waals surface area contributed by atoms with Gasteiger partial charge in [0.05, 0.1) is 18.8 Å². The molecule has 1 spiro atoms. The third-order valence-corrected chi connectivity index (χ3v) is 5.74. The molecule has 0 aliphatic carbocycles. The van der Waals surface area contributed by atoms with Gasteiger partial charge in [0.2, 0.25) is 0 Å². The van der Waals surface area contributed by atoms with Gasteiger partial charge in [-0.2, -0.15) is 0 Å². The number of fused-ring (bicyclic) bond motifs is 2. The minimum absolute atomic E-state index is 0.0935. The van der Waals surface area contributed by atoms with Gasteiger partial charge in [0.1, 0.15) is 5.75 Å². The molecule has 2 N–H and O–H groups in total. The molecule has 28 heavy (non-hydrogen) atoms. The van der Waals surface area contributed by atoms with Gasteiger partial charge in [-0.25, -0.2) is 0 Å². The van der Waals surface area contributed by atoms with Gasteiger partial charge in [-0.3, -0.25) is 4.79 Å². The van der Waals surface area contributed by atoms with E-state index in [1.54, 1.807) is 19.9 Å². The number of nitrogens with zero attached hydrogens (tertiary/aromatic N) is 3. The Morgan fingerprint density at radius 3 is 2.64 bits per heavy atom. The van der Waals surface area contributed by atoms with E-state index in [2.05, 4.69) is 32.5 Å². The van der Waals surface area contributed by atoms with Crippen LogP contribution in [0.1, 0.15) is 42.7 Å². The number of nitrogens with one attached hydrogen (secondary N) is 1. The van der Waals surface area contributed by atoms with E-state index in [0.717, 1.165) is 44.1 Å². The number of rotatable bonds is 4. The van der Waals surface area contributed by atoms with Gasteiger partial charge < -0.3 is 20.1 Å². The van der Waals surface area contributed by atoms with Crippen LogP contribution in [0.3, 0.4) is 0 Å². The molecule has 0 saturated carbocycles. The fourth-order valence-electron chi connectivity index (χ4n) is 3.93. The molecule has 2 aliphatic rings. The maximum atomic E-state index is 12.2. The van der Waals surface area contributed by atoms with Crippen molar-refractivity contribution in [3.63, 3.8) is 0 Å². The minimum atomic E-state index is -0.696. The molecule has 2 aromatic rings. The van der Waals surface area contributed by atoms with Gasteiger partial charge in [-0.1, -0.05) is 18.2 Å². The van der Waals surface area contributed by atoms with Gasteiger partial charge >= 0.3 is 0 Å². The molecular formula is C21H26N4O3. The van der Waals surface area contributed by atoms with Crippen LogP contribution in [-0.4, -0.2) is 53.1 Å². The Bertz CT molecular complexity index is 858. The topological polar surface area (TPSA) is 87.6 Å². The molecule has 1 fully saturated rings. The Balaban J connectivity index is 1.41. The number of hydrogen-bond acceptors (Lipinski definition) is 6. The predicted molar refractivity (Wildman–Crippen MR) is 106 cm³/mol. The first-order chi connectivity index (χ1) is 13.4. The fourth-order valence-corrected chi connectivity index (χ4v) is 3.93. The summed E-state index contributed by atoms with van der Waals surface area (Å²) in [6.07, 6.45) is 2.00. The summed E-state index contributed by atoms with van der Waals surface area (Å²) in [5.74, 6) is 1.45. The second-order valence-electron chi connectivity index (χ2n) is 8.33. The molecule has 7 nitrogen and oxygen atoms in total. The highest BCUT2D eigenvalue weighted by molar-refractivity contribution is 5.92. The van der Waals surface area contributed by atoms with Crippen LogP contribution in [0.15, 0.2) is 36.4 Å². The van der Waals surface area contributed by atoms with E-state index < -0.39 is 5.54 Å². The second-order valence-corrected chi connectivity index (χ2v) is 8.33. The number of anilines is 1. The molecule has 1 amide bonds. The van der Waals surface area contributed by atoms with E-state index in [4.69, 9.17) is 4.74 Å². The number of carbonyl (C=O) groups is 1. The van der Waals surface area contributed by atoms with E-state index in [1.807, 2.05) is 18.2 Å². The Morgan fingerprint density at radius 1 is 1.21 bits per heavy atom. The average Bonchev–Trinajstić information content (AvgIpc) is 3.07. The zero-order chi connectivity index (χ0) is 19.8. The van der Waals surface area contributed by atoms with Crippen LogP contribution < -0.4 is 15.0 Å². The number of piperidine rings is 1. The van der Waals surface area contributed by atoms with Crippen LogP contribution in [0.5, 0.6) is 5.75 Å². The number of amides is 1. The summed E-state index contributed by atoms with van der Waals surface area (Å²) in [6, 6.07) is 11.8. The third-order valence-electron chi connectivity index (χ3n) is 5.74. The highest BCUT2D eigenvalue weighted by Gasteiger charge is 2.43. The first-order valence-electron chi connectivity index (χ1n) is 9.67. The molecule has 0 bridgehead atoms. The van der Waals surface area contributed by atoms with Crippen molar-refractivity contribution in [1.82, 2.24) is 15.5 Å². The normalized spacial score (nSPS) is 17.9. The molecule has 1 saturated heterocycles.